The average molecular weight is 173 g/mol. The Morgan fingerprint density at radius 3 is 2.73 bits per heavy atom. The highest BCUT2D eigenvalue weighted by Gasteiger charge is 2.33. The predicted molar refractivity (Wildman–Crippen MR) is 52.9 cm³/mol. The van der Waals surface area contributed by atoms with Crippen molar-refractivity contribution in [2.45, 2.75) is 26.7 Å². The SMILES string of the molecule is CCC(C)(CN)C1CCSC1. The molecule has 1 rings (SSSR count). The van der Waals surface area contributed by atoms with Gasteiger partial charge in [-0.05, 0) is 42.2 Å². The van der Waals surface area contributed by atoms with Gasteiger partial charge >= 0.3 is 0 Å². The minimum absolute atomic E-state index is 0.420. The molecule has 2 N–H and O–H groups in total. The van der Waals surface area contributed by atoms with E-state index in [4.69, 9.17) is 5.73 Å². The fraction of sp³-hybridized carbons (Fsp3) is 1.00. The standard InChI is InChI=1S/C9H19NS/c1-3-9(2,7-10)8-4-5-11-6-8/h8H,3-7,10H2,1-2H3. The van der Waals surface area contributed by atoms with Gasteiger partial charge in [-0.25, -0.2) is 0 Å². The van der Waals surface area contributed by atoms with Crippen molar-refractivity contribution in [3.63, 3.8) is 0 Å². The molecule has 1 fully saturated rings. The zero-order valence-corrected chi connectivity index (χ0v) is 8.41. The van der Waals surface area contributed by atoms with Crippen LogP contribution in [0.3, 0.4) is 0 Å². The lowest BCUT2D eigenvalue weighted by atomic mass is 9.75. The van der Waals surface area contributed by atoms with Crippen LogP contribution in [0.1, 0.15) is 26.7 Å². The quantitative estimate of drug-likeness (QED) is 0.707. The molecule has 1 saturated heterocycles. The molecule has 1 heterocycles. The summed E-state index contributed by atoms with van der Waals surface area (Å²) in [6.07, 6.45) is 2.61. The lowest BCUT2D eigenvalue weighted by Crippen LogP contribution is -2.34. The number of hydrogen-bond donors (Lipinski definition) is 1. The first kappa shape index (κ1) is 9.40. The molecule has 0 amide bonds. The molecule has 1 aliphatic rings. The van der Waals surface area contributed by atoms with E-state index in [-0.39, 0.29) is 0 Å². The van der Waals surface area contributed by atoms with E-state index in [0.29, 0.717) is 5.41 Å². The van der Waals surface area contributed by atoms with Gasteiger partial charge in [0.25, 0.3) is 0 Å². The van der Waals surface area contributed by atoms with Crippen LogP contribution in [0.25, 0.3) is 0 Å². The van der Waals surface area contributed by atoms with Crippen molar-refractivity contribution < 1.29 is 0 Å². The summed E-state index contributed by atoms with van der Waals surface area (Å²) in [4.78, 5) is 0. The average Bonchev–Trinajstić information content (AvgIpc) is 2.55. The van der Waals surface area contributed by atoms with E-state index >= 15 is 0 Å². The molecular formula is C9H19NS. The monoisotopic (exact) mass is 173 g/mol. The minimum atomic E-state index is 0.420. The summed E-state index contributed by atoms with van der Waals surface area (Å²) in [5, 5.41) is 0. The Bertz CT molecular complexity index is 115. The van der Waals surface area contributed by atoms with Crippen LogP contribution < -0.4 is 5.73 Å². The smallest absolute Gasteiger partial charge is 0.00203 e. The van der Waals surface area contributed by atoms with Crippen LogP contribution in [0.5, 0.6) is 0 Å². The predicted octanol–water partition coefficient (Wildman–Crippen LogP) is 2.11. The summed E-state index contributed by atoms with van der Waals surface area (Å²) in [7, 11) is 0. The van der Waals surface area contributed by atoms with Gasteiger partial charge in [-0.2, -0.15) is 11.8 Å². The molecule has 0 aliphatic carbocycles. The largest absolute Gasteiger partial charge is 0.330 e. The Kier molecular flexibility index (Phi) is 3.26. The van der Waals surface area contributed by atoms with Gasteiger partial charge in [-0.15, -0.1) is 0 Å². The van der Waals surface area contributed by atoms with Crippen LogP contribution >= 0.6 is 11.8 Å². The second kappa shape index (κ2) is 3.81. The zero-order chi connectivity index (χ0) is 8.32. The van der Waals surface area contributed by atoms with Crippen LogP contribution in [-0.4, -0.2) is 18.1 Å². The van der Waals surface area contributed by atoms with Gasteiger partial charge in [-0.1, -0.05) is 13.8 Å². The molecule has 2 heteroatoms. The third-order valence-electron chi connectivity index (χ3n) is 3.19. The Balaban J connectivity index is 2.52. The van der Waals surface area contributed by atoms with Crippen LogP contribution in [0, 0.1) is 11.3 Å². The van der Waals surface area contributed by atoms with Crippen molar-refractivity contribution >= 4 is 11.8 Å². The van der Waals surface area contributed by atoms with E-state index in [1.54, 1.807) is 0 Å². The highest BCUT2D eigenvalue weighted by atomic mass is 32.2. The Morgan fingerprint density at radius 2 is 2.36 bits per heavy atom. The maximum atomic E-state index is 5.79. The normalized spacial score (nSPS) is 30.3. The van der Waals surface area contributed by atoms with Crippen molar-refractivity contribution in [2.75, 3.05) is 18.1 Å². The molecule has 0 saturated carbocycles. The van der Waals surface area contributed by atoms with Gasteiger partial charge in [0.1, 0.15) is 0 Å². The topological polar surface area (TPSA) is 26.0 Å². The molecule has 0 aromatic heterocycles. The van der Waals surface area contributed by atoms with E-state index < -0.39 is 0 Å². The van der Waals surface area contributed by atoms with Crippen LogP contribution in [0.2, 0.25) is 0 Å². The maximum absolute atomic E-state index is 5.79. The number of nitrogens with two attached hydrogens (primary N) is 1. The van der Waals surface area contributed by atoms with Gasteiger partial charge in [0.15, 0.2) is 0 Å². The van der Waals surface area contributed by atoms with E-state index in [9.17, 15) is 0 Å². The van der Waals surface area contributed by atoms with Gasteiger partial charge in [0, 0.05) is 0 Å². The third kappa shape index (κ3) is 1.91. The molecule has 0 aromatic rings. The summed E-state index contributed by atoms with van der Waals surface area (Å²) in [6, 6.07) is 0. The fourth-order valence-electron chi connectivity index (χ4n) is 1.68. The summed E-state index contributed by atoms with van der Waals surface area (Å²) in [5.74, 6) is 3.56. The number of thioether (sulfide) groups is 1. The molecule has 0 aromatic carbocycles. The molecule has 1 aliphatic heterocycles. The van der Waals surface area contributed by atoms with Crippen molar-refractivity contribution in [1.29, 1.82) is 0 Å². The molecule has 66 valence electrons. The first-order valence-electron chi connectivity index (χ1n) is 4.50. The summed E-state index contributed by atoms with van der Waals surface area (Å²) in [6.45, 7) is 5.45. The van der Waals surface area contributed by atoms with Crippen molar-refractivity contribution in [3.05, 3.63) is 0 Å². The fourth-order valence-corrected chi connectivity index (χ4v) is 3.16. The zero-order valence-electron chi connectivity index (χ0n) is 7.60. The highest BCUT2D eigenvalue weighted by molar-refractivity contribution is 7.99. The van der Waals surface area contributed by atoms with E-state index in [1.807, 2.05) is 0 Å². The highest BCUT2D eigenvalue weighted by Crippen LogP contribution is 2.39. The van der Waals surface area contributed by atoms with Crippen molar-refractivity contribution in [3.8, 4) is 0 Å². The molecule has 0 bridgehead atoms. The second-order valence-corrected chi connectivity index (χ2v) is 4.92. The lowest BCUT2D eigenvalue weighted by Gasteiger charge is -2.32. The number of hydrogen-bond acceptors (Lipinski definition) is 2. The lowest BCUT2D eigenvalue weighted by molar-refractivity contribution is 0.208. The van der Waals surface area contributed by atoms with Crippen molar-refractivity contribution in [1.82, 2.24) is 0 Å². The molecule has 2 unspecified atom stereocenters. The van der Waals surface area contributed by atoms with Crippen molar-refractivity contribution in [2.24, 2.45) is 17.1 Å². The van der Waals surface area contributed by atoms with Crippen LogP contribution in [0.15, 0.2) is 0 Å². The molecule has 1 nitrogen and oxygen atoms in total. The van der Waals surface area contributed by atoms with Gasteiger partial charge in [-0.3, -0.25) is 0 Å². The van der Waals surface area contributed by atoms with Gasteiger partial charge < -0.3 is 5.73 Å². The summed E-state index contributed by atoms with van der Waals surface area (Å²) < 4.78 is 0. The third-order valence-corrected chi connectivity index (χ3v) is 4.35. The van der Waals surface area contributed by atoms with E-state index in [2.05, 4.69) is 25.6 Å². The second-order valence-electron chi connectivity index (χ2n) is 3.77. The van der Waals surface area contributed by atoms with Gasteiger partial charge in [0.05, 0.1) is 0 Å². The first-order chi connectivity index (χ1) is 5.23. The number of rotatable bonds is 3. The Labute approximate surface area is 74.1 Å². The van der Waals surface area contributed by atoms with Crippen LogP contribution in [0.4, 0.5) is 0 Å². The van der Waals surface area contributed by atoms with Gasteiger partial charge in [0.2, 0.25) is 0 Å². The van der Waals surface area contributed by atoms with E-state index in [1.165, 1.54) is 24.3 Å². The summed E-state index contributed by atoms with van der Waals surface area (Å²) in [5.41, 5.74) is 6.21. The first-order valence-corrected chi connectivity index (χ1v) is 5.66. The van der Waals surface area contributed by atoms with Crippen LogP contribution in [-0.2, 0) is 0 Å². The Hall–Kier alpha value is 0.310. The maximum Gasteiger partial charge on any atom is -0.00203 e. The molecule has 11 heavy (non-hydrogen) atoms. The Morgan fingerprint density at radius 1 is 1.64 bits per heavy atom. The molecule has 2 atom stereocenters. The van der Waals surface area contributed by atoms with E-state index in [0.717, 1.165) is 12.5 Å². The molecule has 0 spiro atoms. The molecular weight excluding hydrogens is 154 g/mol. The summed E-state index contributed by atoms with van der Waals surface area (Å²) >= 11 is 2.08. The minimum Gasteiger partial charge on any atom is -0.330 e. The molecule has 0 radical (unpaired) electrons.